The Morgan fingerprint density at radius 3 is 2.72 bits per heavy atom. The molecule has 1 fully saturated rings. The molecule has 1 aromatic rings. The van der Waals surface area contributed by atoms with Crippen molar-refractivity contribution in [3.63, 3.8) is 0 Å². The highest BCUT2D eigenvalue weighted by atomic mass is 16.1. The van der Waals surface area contributed by atoms with Gasteiger partial charge in [-0.15, -0.1) is 0 Å². The van der Waals surface area contributed by atoms with E-state index in [0.717, 1.165) is 6.54 Å². The Morgan fingerprint density at radius 2 is 2.22 bits per heavy atom. The molecule has 1 heterocycles. The van der Waals surface area contributed by atoms with Gasteiger partial charge in [-0.25, -0.2) is 4.98 Å². The van der Waals surface area contributed by atoms with Crippen LogP contribution in [0.5, 0.6) is 0 Å². The monoisotopic (exact) mass is 250 g/mol. The minimum absolute atomic E-state index is 0.0340. The van der Waals surface area contributed by atoms with Gasteiger partial charge < -0.3 is 14.8 Å². The van der Waals surface area contributed by atoms with Gasteiger partial charge in [-0.3, -0.25) is 4.79 Å². The second kappa shape index (κ2) is 5.10. The first-order valence-electron chi connectivity index (χ1n) is 6.56. The van der Waals surface area contributed by atoms with Crippen LogP contribution in [0.3, 0.4) is 0 Å². The fourth-order valence-corrected chi connectivity index (χ4v) is 2.43. The Hall–Kier alpha value is -1.36. The van der Waals surface area contributed by atoms with Crippen LogP contribution in [0.15, 0.2) is 17.2 Å². The van der Waals surface area contributed by atoms with Gasteiger partial charge in [0.25, 0.3) is 5.56 Å². The summed E-state index contributed by atoms with van der Waals surface area (Å²) in [5, 5.41) is 3.23. The number of anilines is 1. The predicted octanol–water partition coefficient (Wildman–Crippen LogP) is 1.16. The van der Waals surface area contributed by atoms with Gasteiger partial charge in [0.15, 0.2) is 5.82 Å². The number of hydrogen-bond donors (Lipinski definition) is 1. The van der Waals surface area contributed by atoms with Crippen molar-refractivity contribution in [2.45, 2.75) is 38.3 Å². The molecule has 2 rings (SSSR count). The topological polar surface area (TPSA) is 50.2 Å². The Balaban J connectivity index is 2.09. The Kier molecular flexibility index (Phi) is 3.71. The zero-order chi connectivity index (χ0) is 13.2. The van der Waals surface area contributed by atoms with Crippen LogP contribution in [0.2, 0.25) is 0 Å². The number of hydrogen-bond acceptors (Lipinski definition) is 4. The molecule has 0 aliphatic heterocycles. The number of likely N-dealkylation sites (N-methyl/N-ethyl adjacent to an activating group) is 1. The van der Waals surface area contributed by atoms with E-state index < -0.39 is 0 Å². The maximum absolute atomic E-state index is 12.0. The highest BCUT2D eigenvalue weighted by Gasteiger charge is 2.38. The maximum atomic E-state index is 12.0. The smallest absolute Gasteiger partial charge is 0.293 e. The molecule has 0 bridgehead atoms. The summed E-state index contributed by atoms with van der Waals surface area (Å²) >= 11 is 0. The highest BCUT2D eigenvalue weighted by molar-refractivity contribution is 5.32. The van der Waals surface area contributed by atoms with Gasteiger partial charge in [-0.1, -0.05) is 0 Å². The van der Waals surface area contributed by atoms with E-state index in [9.17, 15) is 4.79 Å². The third-order valence-corrected chi connectivity index (χ3v) is 4.07. The molecule has 0 atom stereocenters. The van der Waals surface area contributed by atoms with Crippen LogP contribution in [0.4, 0.5) is 5.82 Å². The first-order valence-corrected chi connectivity index (χ1v) is 6.56. The van der Waals surface area contributed by atoms with Crippen molar-refractivity contribution >= 4 is 5.82 Å². The highest BCUT2D eigenvalue weighted by Crippen LogP contribution is 2.35. The predicted molar refractivity (Wildman–Crippen MR) is 72.9 cm³/mol. The van der Waals surface area contributed by atoms with Crippen molar-refractivity contribution in [2.24, 2.45) is 0 Å². The van der Waals surface area contributed by atoms with Crippen LogP contribution in [0.25, 0.3) is 0 Å². The van der Waals surface area contributed by atoms with Gasteiger partial charge in [0.2, 0.25) is 0 Å². The third-order valence-electron chi connectivity index (χ3n) is 4.07. The van der Waals surface area contributed by atoms with E-state index in [1.54, 1.807) is 17.0 Å². The lowest BCUT2D eigenvalue weighted by molar-refractivity contribution is 0.0738. The minimum Gasteiger partial charge on any atom is -0.364 e. The Labute approximate surface area is 108 Å². The molecule has 5 nitrogen and oxygen atoms in total. The summed E-state index contributed by atoms with van der Waals surface area (Å²) in [6.07, 6.45) is 7.03. The summed E-state index contributed by atoms with van der Waals surface area (Å²) < 4.78 is 1.67. The molecule has 0 amide bonds. The largest absolute Gasteiger partial charge is 0.364 e. The van der Waals surface area contributed by atoms with Crippen molar-refractivity contribution in [3.8, 4) is 0 Å². The van der Waals surface area contributed by atoms with Crippen molar-refractivity contribution in [1.29, 1.82) is 0 Å². The Morgan fingerprint density at radius 1 is 1.50 bits per heavy atom. The standard InChI is InChI=1S/C13H22N4O/c1-4-17-9-8-14-11(12(17)18)15-10-13(16(2)3)6-5-7-13/h8-9H,4-7,10H2,1-3H3,(H,14,15). The number of aryl methyl sites for hydroxylation is 1. The number of rotatable bonds is 5. The van der Waals surface area contributed by atoms with E-state index in [-0.39, 0.29) is 11.1 Å². The van der Waals surface area contributed by atoms with Crippen LogP contribution in [-0.2, 0) is 6.54 Å². The molecule has 0 spiro atoms. The molecular weight excluding hydrogens is 228 g/mol. The van der Waals surface area contributed by atoms with E-state index in [0.29, 0.717) is 12.4 Å². The SMILES string of the molecule is CCn1ccnc(NCC2(N(C)C)CCC2)c1=O. The molecule has 1 aliphatic rings. The third kappa shape index (κ3) is 2.27. The van der Waals surface area contributed by atoms with E-state index in [2.05, 4.69) is 29.3 Å². The van der Waals surface area contributed by atoms with E-state index >= 15 is 0 Å². The lowest BCUT2D eigenvalue weighted by Crippen LogP contribution is -2.55. The molecule has 0 aromatic carbocycles. The molecule has 0 radical (unpaired) electrons. The van der Waals surface area contributed by atoms with Gasteiger partial charge in [0, 0.05) is 31.0 Å². The summed E-state index contributed by atoms with van der Waals surface area (Å²) in [6.45, 7) is 3.42. The molecule has 1 aromatic heterocycles. The van der Waals surface area contributed by atoms with Crippen molar-refractivity contribution in [2.75, 3.05) is 26.0 Å². The van der Waals surface area contributed by atoms with Crippen LogP contribution in [0, 0.1) is 0 Å². The fourth-order valence-electron chi connectivity index (χ4n) is 2.43. The van der Waals surface area contributed by atoms with E-state index in [4.69, 9.17) is 0 Å². The second-order valence-corrected chi connectivity index (χ2v) is 5.19. The van der Waals surface area contributed by atoms with Crippen LogP contribution < -0.4 is 10.9 Å². The molecule has 18 heavy (non-hydrogen) atoms. The van der Waals surface area contributed by atoms with Gasteiger partial charge >= 0.3 is 0 Å². The summed E-state index contributed by atoms with van der Waals surface area (Å²) in [5.41, 5.74) is 0.161. The molecule has 1 aliphatic carbocycles. The average Bonchev–Trinajstić information content (AvgIpc) is 2.29. The summed E-state index contributed by atoms with van der Waals surface area (Å²) in [4.78, 5) is 18.4. The number of nitrogens with one attached hydrogen (secondary N) is 1. The van der Waals surface area contributed by atoms with Crippen molar-refractivity contribution < 1.29 is 0 Å². The number of nitrogens with zero attached hydrogens (tertiary/aromatic N) is 3. The van der Waals surface area contributed by atoms with Crippen LogP contribution in [-0.4, -0.2) is 40.6 Å². The van der Waals surface area contributed by atoms with Gasteiger partial charge in [0.1, 0.15) is 0 Å². The lowest BCUT2D eigenvalue weighted by Gasteiger charge is -2.47. The zero-order valence-electron chi connectivity index (χ0n) is 11.4. The molecule has 1 N–H and O–H groups in total. The van der Waals surface area contributed by atoms with Crippen molar-refractivity contribution in [1.82, 2.24) is 14.5 Å². The summed E-state index contributed by atoms with van der Waals surface area (Å²) in [7, 11) is 4.20. The van der Waals surface area contributed by atoms with E-state index in [1.165, 1.54) is 19.3 Å². The second-order valence-electron chi connectivity index (χ2n) is 5.19. The van der Waals surface area contributed by atoms with Gasteiger partial charge in [-0.05, 0) is 40.3 Å². The molecular formula is C13H22N4O. The van der Waals surface area contributed by atoms with E-state index in [1.807, 2.05) is 6.92 Å². The molecule has 5 heteroatoms. The molecule has 100 valence electrons. The minimum atomic E-state index is -0.0340. The maximum Gasteiger partial charge on any atom is 0.293 e. The first-order chi connectivity index (χ1) is 8.59. The van der Waals surface area contributed by atoms with Gasteiger partial charge in [-0.2, -0.15) is 0 Å². The molecule has 1 saturated carbocycles. The molecule has 0 unspecified atom stereocenters. The quantitative estimate of drug-likeness (QED) is 0.852. The normalized spacial score (nSPS) is 17.6. The number of aromatic nitrogens is 2. The van der Waals surface area contributed by atoms with Crippen LogP contribution >= 0.6 is 0 Å². The van der Waals surface area contributed by atoms with Gasteiger partial charge in [0.05, 0.1) is 0 Å². The summed E-state index contributed by atoms with van der Waals surface area (Å²) in [6, 6.07) is 0. The average molecular weight is 250 g/mol. The first kappa shape index (κ1) is 13.1. The van der Waals surface area contributed by atoms with Crippen molar-refractivity contribution in [3.05, 3.63) is 22.7 Å². The molecule has 0 saturated heterocycles. The zero-order valence-corrected chi connectivity index (χ0v) is 11.4. The summed E-state index contributed by atoms with van der Waals surface area (Å²) in [5.74, 6) is 0.465. The lowest BCUT2D eigenvalue weighted by atomic mass is 9.75. The van der Waals surface area contributed by atoms with Crippen LogP contribution in [0.1, 0.15) is 26.2 Å². The fraction of sp³-hybridized carbons (Fsp3) is 0.692. The Bertz CT molecular complexity index is 462.